The smallest absolute Gasteiger partial charge is 0.270 e. The zero-order valence-corrected chi connectivity index (χ0v) is 16.2. The van der Waals surface area contributed by atoms with Gasteiger partial charge in [-0.1, -0.05) is 23.8 Å². The van der Waals surface area contributed by atoms with Crippen molar-refractivity contribution in [2.45, 2.75) is 46.0 Å². The second-order valence-electron chi connectivity index (χ2n) is 6.94. The number of amides is 1. The van der Waals surface area contributed by atoms with Crippen molar-refractivity contribution in [1.82, 2.24) is 15.3 Å². The highest BCUT2D eigenvalue weighted by Gasteiger charge is 2.14. The molecule has 0 aliphatic heterocycles. The molecule has 0 atom stereocenters. The zero-order valence-electron chi connectivity index (χ0n) is 16.2. The van der Waals surface area contributed by atoms with E-state index in [1.807, 2.05) is 17.0 Å². The predicted molar refractivity (Wildman–Crippen MR) is 109 cm³/mol. The molecule has 5 heteroatoms. The van der Waals surface area contributed by atoms with Crippen LogP contribution in [0.5, 0.6) is 0 Å². The minimum atomic E-state index is -0.143. The van der Waals surface area contributed by atoms with E-state index < -0.39 is 0 Å². The molecule has 142 valence electrons. The van der Waals surface area contributed by atoms with E-state index in [1.165, 1.54) is 30.4 Å². The fraction of sp³-hybridized carbons (Fsp3) is 0.409. The van der Waals surface area contributed by atoms with E-state index in [0.717, 1.165) is 25.1 Å². The lowest BCUT2D eigenvalue weighted by molar-refractivity contribution is 0.0949. The van der Waals surface area contributed by atoms with Gasteiger partial charge in [0.15, 0.2) is 0 Å². The third kappa shape index (κ3) is 5.16. The third-order valence-corrected chi connectivity index (χ3v) is 4.86. The van der Waals surface area contributed by atoms with Crippen molar-refractivity contribution in [2.75, 3.05) is 18.0 Å². The normalized spacial score (nSPS) is 13.8. The van der Waals surface area contributed by atoms with Crippen LogP contribution in [0.3, 0.4) is 0 Å². The maximum absolute atomic E-state index is 12.5. The number of aromatic nitrogens is 2. The second kappa shape index (κ2) is 9.31. The van der Waals surface area contributed by atoms with E-state index in [4.69, 9.17) is 0 Å². The van der Waals surface area contributed by atoms with Crippen LogP contribution in [0.4, 0.5) is 11.6 Å². The Morgan fingerprint density at radius 1 is 1.26 bits per heavy atom. The zero-order chi connectivity index (χ0) is 19.1. The average Bonchev–Trinajstić information content (AvgIpc) is 2.70. The Morgan fingerprint density at radius 2 is 2.15 bits per heavy atom. The van der Waals surface area contributed by atoms with E-state index in [1.54, 1.807) is 12.3 Å². The SMILES string of the molecule is CCN(c1cccc(C)c1)c1nccc(C(=O)NCCC2=CCCCC2)n1. The third-order valence-electron chi connectivity index (χ3n) is 4.86. The summed E-state index contributed by atoms with van der Waals surface area (Å²) in [5.74, 6) is 0.404. The van der Waals surface area contributed by atoms with Crippen LogP contribution in [-0.2, 0) is 0 Å². The fourth-order valence-corrected chi connectivity index (χ4v) is 3.40. The van der Waals surface area contributed by atoms with Gasteiger partial charge in [0.25, 0.3) is 5.91 Å². The number of carbonyl (C=O) groups is 1. The number of allylic oxidation sites excluding steroid dienone is 1. The Balaban J connectivity index is 1.66. The minimum Gasteiger partial charge on any atom is -0.350 e. The number of hydrogen-bond donors (Lipinski definition) is 1. The van der Waals surface area contributed by atoms with Crippen molar-refractivity contribution in [3.8, 4) is 0 Å². The van der Waals surface area contributed by atoms with Crippen molar-refractivity contribution in [2.24, 2.45) is 0 Å². The largest absolute Gasteiger partial charge is 0.350 e. The van der Waals surface area contributed by atoms with E-state index in [-0.39, 0.29) is 5.91 Å². The highest BCUT2D eigenvalue weighted by Crippen LogP contribution is 2.23. The highest BCUT2D eigenvalue weighted by molar-refractivity contribution is 5.92. The van der Waals surface area contributed by atoms with Crippen molar-refractivity contribution >= 4 is 17.5 Å². The predicted octanol–water partition coefficient (Wildman–Crippen LogP) is 4.56. The van der Waals surface area contributed by atoms with Gasteiger partial charge in [-0.15, -0.1) is 0 Å². The van der Waals surface area contributed by atoms with E-state index in [0.29, 0.717) is 18.2 Å². The molecule has 1 aliphatic rings. The molecule has 0 saturated carbocycles. The summed E-state index contributed by atoms with van der Waals surface area (Å²) < 4.78 is 0. The van der Waals surface area contributed by atoms with Gasteiger partial charge >= 0.3 is 0 Å². The van der Waals surface area contributed by atoms with Crippen LogP contribution in [0.15, 0.2) is 48.2 Å². The second-order valence-corrected chi connectivity index (χ2v) is 6.94. The van der Waals surface area contributed by atoms with Gasteiger partial charge in [0.05, 0.1) is 0 Å². The molecule has 1 aromatic heterocycles. The summed E-state index contributed by atoms with van der Waals surface area (Å²) >= 11 is 0. The van der Waals surface area contributed by atoms with E-state index in [9.17, 15) is 4.79 Å². The lowest BCUT2D eigenvalue weighted by Crippen LogP contribution is -2.27. The Morgan fingerprint density at radius 3 is 2.89 bits per heavy atom. The number of rotatable bonds is 7. The molecule has 1 N–H and O–H groups in total. The molecule has 2 aromatic rings. The molecule has 0 bridgehead atoms. The Labute approximate surface area is 161 Å². The van der Waals surface area contributed by atoms with Crippen LogP contribution in [0.25, 0.3) is 0 Å². The number of hydrogen-bond acceptors (Lipinski definition) is 4. The molecule has 27 heavy (non-hydrogen) atoms. The molecule has 0 unspecified atom stereocenters. The first-order chi connectivity index (χ1) is 13.2. The summed E-state index contributed by atoms with van der Waals surface area (Å²) in [7, 11) is 0. The van der Waals surface area contributed by atoms with Gasteiger partial charge < -0.3 is 10.2 Å². The van der Waals surface area contributed by atoms with Crippen LogP contribution in [0.2, 0.25) is 0 Å². The molecule has 0 spiro atoms. The number of anilines is 2. The molecule has 3 rings (SSSR count). The van der Waals surface area contributed by atoms with Gasteiger partial charge in [-0.25, -0.2) is 9.97 Å². The highest BCUT2D eigenvalue weighted by atomic mass is 16.1. The number of nitrogens with zero attached hydrogens (tertiary/aromatic N) is 3. The van der Waals surface area contributed by atoms with Crippen LogP contribution >= 0.6 is 0 Å². The van der Waals surface area contributed by atoms with Crippen LogP contribution in [0.1, 0.15) is 55.1 Å². The first-order valence-electron chi connectivity index (χ1n) is 9.80. The van der Waals surface area contributed by atoms with Gasteiger partial charge in [0.2, 0.25) is 5.95 Å². The quantitative estimate of drug-likeness (QED) is 0.732. The minimum absolute atomic E-state index is 0.143. The Bertz CT molecular complexity index is 815. The molecule has 1 amide bonds. The summed E-state index contributed by atoms with van der Waals surface area (Å²) in [6.07, 6.45) is 9.78. The number of benzene rings is 1. The first-order valence-corrected chi connectivity index (χ1v) is 9.80. The van der Waals surface area contributed by atoms with Crippen molar-refractivity contribution in [1.29, 1.82) is 0 Å². The van der Waals surface area contributed by atoms with Gasteiger partial charge in [-0.2, -0.15) is 0 Å². The summed E-state index contributed by atoms with van der Waals surface area (Å²) in [5, 5.41) is 2.99. The number of aryl methyl sites for hydroxylation is 1. The van der Waals surface area contributed by atoms with Crippen LogP contribution < -0.4 is 10.2 Å². The maximum Gasteiger partial charge on any atom is 0.270 e. The molecule has 0 radical (unpaired) electrons. The molecule has 1 heterocycles. The summed E-state index contributed by atoms with van der Waals surface area (Å²) in [6, 6.07) is 9.87. The number of nitrogens with one attached hydrogen (secondary N) is 1. The monoisotopic (exact) mass is 364 g/mol. The molecule has 1 aliphatic carbocycles. The van der Waals surface area contributed by atoms with E-state index in [2.05, 4.69) is 47.3 Å². The maximum atomic E-state index is 12.5. The molecular formula is C22H28N4O. The first kappa shape index (κ1) is 19.1. The summed E-state index contributed by atoms with van der Waals surface area (Å²) in [5.41, 5.74) is 4.07. The lowest BCUT2D eigenvalue weighted by atomic mass is 9.97. The molecule has 0 fully saturated rings. The van der Waals surface area contributed by atoms with Gasteiger partial charge in [-0.05, 0) is 69.7 Å². The molecule has 0 saturated heterocycles. The van der Waals surface area contributed by atoms with Crippen LogP contribution in [-0.4, -0.2) is 29.0 Å². The summed E-state index contributed by atoms with van der Waals surface area (Å²) in [6.45, 7) is 5.49. The molecular weight excluding hydrogens is 336 g/mol. The number of carbonyl (C=O) groups excluding carboxylic acids is 1. The molecule has 5 nitrogen and oxygen atoms in total. The van der Waals surface area contributed by atoms with Crippen LogP contribution in [0, 0.1) is 6.92 Å². The van der Waals surface area contributed by atoms with E-state index >= 15 is 0 Å². The van der Waals surface area contributed by atoms with Gasteiger partial charge in [0.1, 0.15) is 5.69 Å². The Kier molecular flexibility index (Phi) is 6.58. The van der Waals surface area contributed by atoms with Crippen molar-refractivity contribution in [3.05, 3.63) is 59.4 Å². The van der Waals surface area contributed by atoms with Crippen molar-refractivity contribution in [3.63, 3.8) is 0 Å². The average molecular weight is 364 g/mol. The summed E-state index contributed by atoms with van der Waals surface area (Å²) in [4.78, 5) is 23.4. The van der Waals surface area contributed by atoms with Crippen molar-refractivity contribution < 1.29 is 4.79 Å². The standard InChI is InChI=1S/C22H28N4O/c1-3-26(19-11-7-8-17(2)16-19)22-24-15-13-20(25-22)21(27)23-14-12-18-9-5-4-6-10-18/h7-9,11,13,15-16H,3-6,10,12,14H2,1-2H3,(H,23,27). The lowest BCUT2D eigenvalue weighted by Gasteiger charge is -2.21. The van der Waals surface area contributed by atoms with Gasteiger partial charge in [0, 0.05) is 25.0 Å². The van der Waals surface area contributed by atoms with Gasteiger partial charge in [-0.3, -0.25) is 4.79 Å². The Hall–Kier alpha value is -2.69. The fourth-order valence-electron chi connectivity index (χ4n) is 3.40. The molecule has 1 aromatic carbocycles. The topological polar surface area (TPSA) is 58.1 Å².